The van der Waals surface area contributed by atoms with Gasteiger partial charge in [-0.3, -0.25) is 9.59 Å². The zero-order valence-corrected chi connectivity index (χ0v) is 9.62. The second-order valence-corrected chi connectivity index (χ2v) is 4.38. The van der Waals surface area contributed by atoms with Crippen LogP contribution in [0.1, 0.15) is 6.42 Å². The lowest BCUT2D eigenvalue weighted by Crippen LogP contribution is -2.26. The normalized spacial score (nSPS) is 20.2. The maximum atomic E-state index is 11.7. The summed E-state index contributed by atoms with van der Waals surface area (Å²) in [5, 5.41) is 3.58. The fourth-order valence-electron chi connectivity index (χ4n) is 1.78. The van der Waals surface area contributed by atoms with Gasteiger partial charge in [-0.15, -0.1) is 11.3 Å². The first-order valence-corrected chi connectivity index (χ1v) is 5.77. The highest BCUT2D eigenvalue weighted by Crippen LogP contribution is 2.32. The van der Waals surface area contributed by atoms with Crippen LogP contribution < -0.4 is 10.6 Å². The van der Waals surface area contributed by atoms with E-state index in [-0.39, 0.29) is 24.2 Å². The predicted octanol–water partition coefficient (Wildman–Crippen LogP) is 0.856. The van der Waals surface area contributed by atoms with E-state index in [1.54, 1.807) is 10.3 Å². The largest absolute Gasteiger partial charge is 0.469 e. The number of carbonyl (C=O) groups excluding carboxylic acids is 2. The number of rotatable bonds is 2. The summed E-state index contributed by atoms with van der Waals surface area (Å²) in [6.07, 6.45) is 0.196. The summed E-state index contributed by atoms with van der Waals surface area (Å²) in [7, 11) is 1.33. The molecular formula is C10H12N2O3S. The van der Waals surface area contributed by atoms with Crippen LogP contribution in [0, 0.1) is 5.92 Å². The van der Waals surface area contributed by atoms with Crippen LogP contribution in [-0.4, -0.2) is 25.5 Å². The molecule has 0 aromatic carbocycles. The van der Waals surface area contributed by atoms with Crippen molar-refractivity contribution in [2.75, 3.05) is 24.3 Å². The Kier molecular flexibility index (Phi) is 2.82. The molecule has 6 heteroatoms. The standard InChI is InChI=1S/C10H12N2O3S/c1-15-10(14)6-2-9(13)12(3-6)8-5-16-4-7(8)11/h4-6H,2-3,11H2,1H3. The van der Waals surface area contributed by atoms with Crippen molar-refractivity contribution in [3.8, 4) is 0 Å². The first kappa shape index (κ1) is 10.9. The number of hydrogen-bond acceptors (Lipinski definition) is 5. The Bertz CT molecular complexity index is 429. The van der Waals surface area contributed by atoms with E-state index >= 15 is 0 Å². The molecule has 5 nitrogen and oxygen atoms in total. The molecule has 2 N–H and O–H groups in total. The molecule has 2 rings (SSSR count). The lowest BCUT2D eigenvalue weighted by atomic mass is 10.1. The molecule has 16 heavy (non-hydrogen) atoms. The third-order valence-electron chi connectivity index (χ3n) is 2.62. The summed E-state index contributed by atoms with van der Waals surface area (Å²) >= 11 is 1.44. The Hall–Kier alpha value is -1.56. The lowest BCUT2D eigenvalue weighted by Gasteiger charge is -2.15. The highest BCUT2D eigenvalue weighted by molar-refractivity contribution is 7.09. The highest BCUT2D eigenvalue weighted by atomic mass is 32.1. The average molecular weight is 240 g/mol. The van der Waals surface area contributed by atoms with Crippen molar-refractivity contribution in [1.82, 2.24) is 0 Å². The van der Waals surface area contributed by atoms with Crippen molar-refractivity contribution in [2.45, 2.75) is 6.42 Å². The van der Waals surface area contributed by atoms with Crippen molar-refractivity contribution >= 4 is 34.6 Å². The number of nitrogens with two attached hydrogens (primary N) is 1. The van der Waals surface area contributed by atoms with Gasteiger partial charge in [0.25, 0.3) is 0 Å². The minimum atomic E-state index is -0.378. The van der Waals surface area contributed by atoms with Gasteiger partial charge in [-0.05, 0) is 0 Å². The number of thiophene rings is 1. The first-order valence-electron chi connectivity index (χ1n) is 4.83. The van der Waals surface area contributed by atoms with Crippen LogP contribution in [0.15, 0.2) is 10.8 Å². The molecule has 1 aromatic rings. The maximum absolute atomic E-state index is 11.7. The molecule has 1 aromatic heterocycles. The van der Waals surface area contributed by atoms with Crippen molar-refractivity contribution in [1.29, 1.82) is 0 Å². The number of carbonyl (C=O) groups is 2. The van der Waals surface area contributed by atoms with Crippen LogP contribution in [0.25, 0.3) is 0 Å². The first-order chi connectivity index (χ1) is 7.63. The van der Waals surface area contributed by atoms with Crippen LogP contribution in [0.3, 0.4) is 0 Å². The van der Waals surface area contributed by atoms with Crippen LogP contribution in [0.2, 0.25) is 0 Å². The summed E-state index contributed by atoms with van der Waals surface area (Å²) in [4.78, 5) is 24.6. The third kappa shape index (κ3) is 1.76. The Morgan fingerprint density at radius 2 is 2.38 bits per heavy atom. The number of amides is 1. The average Bonchev–Trinajstić information content (AvgIpc) is 2.83. The molecule has 1 aliphatic heterocycles. The van der Waals surface area contributed by atoms with Gasteiger partial charge in [-0.2, -0.15) is 0 Å². The van der Waals surface area contributed by atoms with Crippen molar-refractivity contribution < 1.29 is 14.3 Å². The van der Waals surface area contributed by atoms with Crippen LogP contribution in [-0.2, 0) is 14.3 Å². The molecule has 0 radical (unpaired) electrons. The minimum Gasteiger partial charge on any atom is -0.469 e. The van der Waals surface area contributed by atoms with Gasteiger partial charge < -0.3 is 15.4 Å². The Morgan fingerprint density at radius 1 is 1.62 bits per heavy atom. The van der Waals surface area contributed by atoms with Crippen molar-refractivity contribution in [3.05, 3.63) is 10.8 Å². The SMILES string of the molecule is COC(=O)C1CC(=O)N(c2cscc2N)C1. The molecule has 86 valence electrons. The van der Waals surface area contributed by atoms with Gasteiger partial charge >= 0.3 is 5.97 Å². The summed E-state index contributed by atoms with van der Waals surface area (Å²) < 4.78 is 4.63. The highest BCUT2D eigenvalue weighted by Gasteiger charge is 2.36. The van der Waals surface area contributed by atoms with Gasteiger partial charge in [0, 0.05) is 23.7 Å². The summed E-state index contributed by atoms with van der Waals surface area (Å²) in [6.45, 7) is 0.354. The number of esters is 1. The molecule has 0 aliphatic carbocycles. The molecule has 0 spiro atoms. The zero-order chi connectivity index (χ0) is 11.7. The van der Waals surface area contributed by atoms with E-state index in [0.717, 1.165) is 0 Å². The summed E-state index contributed by atoms with van der Waals surface area (Å²) in [6, 6.07) is 0. The lowest BCUT2D eigenvalue weighted by molar-refractivity contribution is -0.145. The Morgan fingerprint density at radius 3 is 2.94 bits per heavy atom. The Labute approximate surface area is 96.8 Å². The molecule has 1 aliphatic rings. The van der Waals surface area contributed by atoms with Gasteiger partial charge in [0.1, 0.15) is 0 Å². The quantitative estimate of drug-likeness (QED) is 0.778. The number of anilines is 2. The van der Waals surface area contributed by atoms with E-state index in [2.05, 4.69) is 4.74 Å². The summed E-state index contributed by atoms with van der Waals surface area (Å²) in [5.41, 5.74) is 7.01. The van der Waals surface area contributed by atoms with E-state index in [4.69, 9.17) is 5.73 Å². The van der Waals surface area contributed by atoms with Gasteiger partial charge in [-0.1, -0.05) is 0 Å². The van der Waals surface area contributed by atoms with Crippen LogP contribution in [0.4, 0.5) is 11.4 Å². The number of methoxy groups -OCH3 is 1. The number of nitrogen functional groups attached to an aromatic ring is 1. The van der Waals surface area contributed by atoms with Crippen LogP contribution >= 0.6 is 11.3 Å². The van der Waals surface area contributed by atoms with Gasteiger partial charge in [0.05, 0.1) is 24.4 Å². The molecule has 1 saturated heterocycles. The fourth-order valence-corrected chi connectivity index (χ4v) is 2.51. The molecule has 0 bridgehead atoms. The number of hydrogen-bond donors (Lipinski definition) is 1. The zero-order valence-electron chi connectivity index (χ0n) is 8.80. The van der Waals surface area contributed by atoms with Gasteiger partial charge in [-0.25, -0.2) is 0 Å². The fraction of sp³-hybridized carbons (Fsp3) is 0.400. The predicted molar refractivity (Wildman–Crippen MR) is 61.2 cm³/mol. The molecule has 1 unspecified atom stereocenters. The monoisotopic (exact) mass is 240 g/mol. The molecule has 1 fully saturated rings. The molecule has 1 atom stereocenters. The Balaban J connectivity index is 2.17. The van der Waals surface area contributed by atoms with E-state index in [9.17, 15) is 9.59 Å². The van der Waals surface area contributed by atoms with Gasteiger partial charge in [0.15, 0.2) is 0 Å². The van der Waals surface area contributed by atoms with E-state index < -0.39 is 0 Å². The molecule has 1 amide bonds. The molecular weight excluding hydrogens is 228 g/mol. The molecule has 2 heterocycles. The van der Waals surface area contributed by atoms with E-state index in [0.29, 0.717) is 17.9 Å². The second kappa shape index (κ2) is 4.13. The van der Waals surface area contributed by atoms with Gasteiger partial charge in [0.2, 0.25) is 5.91 Å². The molecule has 0 saturated carbocycles. The van der Waals surface area contributed by atoms with Crippen molar-refractivity contribution in [3.63, 3.8) is 0 Å². The smallest absolute Gasteiger partial charge is 0.311 e. The van der Waals surface area contributed by atoms with Crippen molar-refractivity contribution in [2.24, 2.45) is 5.92 Å². The second-order valence-electron chi connectivity index (χ2n) is 3.64. The van der Waals surface area contributed by atoms with E-state index in [1.165, 1.54) is 18.4 Å². The number of ether oxygens (including phenoxy) is 1. The van der Waals surface area contributed by atoms with Crippen LogP contribution in [0.5, 0.6) is 0 Å². The number of nitrogens with zero attached hydrogens (tertiary/aromatic N) is 1. The topological polar surface area (TPSA) is 72.6 Å². The van der Waals surface area contributed by atoms with E-state index in [1.807, 2.05) is 5.38 Å². The minimum absolute atomic E-state index is 0.0829. The maximum Gasteiger partial charge on any atom is 0.311 e. The third-order valence-corrected chi connectivity index (χ3v) is 3.37. The summed E-state index contributed by atoms with van der Waals surface area (Å²) in [5.74, 6) is -0.804.